The second-order valence-corrected chi connectivity index (χ2v) is 3.85. The summed E-state index contributed by atoms with van der Waals surface area (Å²) < 4.78 is 10.0. The van der Waals surface area contributed by atoms with Crippen LogP contribution in [0.3, 0.4) is 0 Å². The number of esters is 1. The number of likely N-dealkylation sites (N-methyl/N-ethyl adjacent to an activating group) is 1. The Morgan fingerprint density at radius 1 is 1.44 bits per heavy atom. The number of benzene rings is 1. The highest BCUT2D eigenvalue weighted by atomic mass is 16.5. The minimum Gasteiger partial charge on any atom is -0.465 e. The molecule has 0 saturated carbocycles. The molecule has 1 aromatic rings. The van der Waals surface area contributed by atoms with Gasteiger partial charge < -0.3 is 20.1 Å². The van der Waals surface area contributed by atoms with Gasteiger partial charge in [0, 0.05) is 20.2 Å². The Hall–Kier alpha value is -1.75. The Bertz CT molecular complexity index is 407. The molecule has 0 aromatic heterocycles. The first-order valence-corrected chi connectivity index (χ1v) is 5.87. The molecular weight excluding hydrogens is 232 g/mol. The minimum absolute atomic E-state index is 0.388. The van der Waals surface area contributed by atoms with Crippen LogP contribution >= 0.6 is 0 Å². The van der Waals surface area contributed by atoms with Gasteiger partial charge in [-0.2, -0.15) is 0 Å². The normalized spacial score (nSPS) is 10.2. The number of hydrogen-bond acceptors (Lipinski definition) is 5. The summed E-state index contributed by atoms with van der Waals surface area (Å²) in [5.41, 5.74) is 7.63. The van der Waals surface area contributed by atoms with Crippen LogP contribution in [-0.2, 0) is 9.47 Å². The van der Waals surface area contributed by atoms with Gasteiger partial charge in [0.25, 0.3) is 0 Å². The molecule has 0 spiro atoms. The van der Waals surface area contributed by atoms with Crippen LogP contribution in [0.2, 0.25) is 0 Å². The van der Waals surface area contributed by atoms with E-state index < -0.39 is 0 Å². The molecule has 0 atom stereocenters. The SMILES string of the molecule is CCOCCN(C)c1c(N)cccc1C(=O)OC. The summed E-state index contributed by atoms with van der Waals surface area (Å²) in [6.45, 7) is 3.85. The van der Waals surface area contributed by atoms with Gasteiger partial charge in [-0.3, -0.25) is 0 Å². The Balaban J connectivity index is 2.94. The van der Waals surface area contributed by atoms with Gasteiger partial charge in [0.1, 0.15) is 0 Å². The quantitative estimate of drug-likeness (QED) is 0.472. The lowest BCUT2D eigenvalue weighted by Gasteiger charge is -2.23. The molecule has 0 radical (unpaired) electrons. The molecule has 5 heteroatoms. The number of rotatable bonds is 6. The molecule has 0 saturated heterocycles. The van der Waals surface area contributed by atoms with E-state index in [1.165, 1.54) is 7.11 Å². The molecule has 0 aliphatic heterocycles. The number of methoxy groups -OCH3 is 1. The van der Waals surface area contributed by atoms with Crippen molar-refractivity contribution in [3.05, 3.63) is 23.8 Å². The molecule has 0 bridgehead atoms. The highest BCUT2D eigenvalue weighted by Crippen LogP contribution is 2.27. The summed E-state index contributed by atoms with van der Waals surface area (Å²) >= 11 is 0. The van der Waals surface area contributed by atoms with Crippen LogP contribution in [0.4, 0.5) is 11.4 Å². The molecule has 0 heterocycles. The van der Waals surface area contributed by atoms with Crippen LogP contribution in [0.15, 0.2) is 18.2 Å². The second-order valence-electron chi connectivity index (χ2n) is 3.85. The number of anilines is 2. The van der Waals surface area contributed by atoms with E-state index in [9.17, 15) is 4.79 Å². The zero-order chi connectivity index (χ0) is 13.5. The van der Waals surface area contributed by atoms with Gasteiger partial charge in [-0.05, 0) is 19.1 Å². The number of hydrogen-bond donors (Lipinski definition) is 1. The summed E-state index contributed by atoms with van der Waals surface area (Å²) in [4.78, 5) is 13.6. The maximum atomic E-state index is 11.7. The van der Waals surface area contributed by atoms with Gasteiger partial charge in [-0.15, -0.1) is 0 Å². The molecular formula is C13H20N2O3. The first kappa shape index (κ1) is 14.3. The highest BCUT2D eigenvalue weighted by molar-refractivity contribution is 5.99. The van der Waals surface area contributed by atoms with Crippen molar-refractivity contribution in [1.29, 1.82) is 0 Å². The van der Waals surface area contributed by atoms with Crippen molar-refractivity contribution in [2.24, 2.45) is 0 Å². The zero-order valence-corrected chi connectivity index (χ0v) is 11.1. The summed E-state index contributed by atoms with van der Waals surface area (Å²) in [7, 11) is 3.23. The average molecular weight is 252 g/mol. The minimum atomic E-state index is -0.388. The van der Waals surface area contributed by atoms with E-state index in [0.29, 0.717) is 36.7 Å². The van der Waals surface area contributed by atoms with Crippen molar-refractivity contribution in [3.63, 3.8) is 0 Å². The van der Waals surface area contributed by atoms with Crippen molar-refractivity contribution in [3.8, 4) is 0 Å². The van der Waals surface area contributed by atoms with Gasteiger partial charge >= 0.3 is 5.97 Å². The first-order chi connectivity index (χ1) is 8.61. The van der Waals surface area contributed by atoms with Crippen LogP contribution in [0.5, 0.6) is 0 Å². The molecule has 18 heavy (non-hydrogen) atoms. The fourth-order valence-corrected chi connectivity index (χ4v) is 1.72. The van der Waals surface area contributed by atoms with Gasteiger partial charge in [0.2, 0.25) is 0 Å². The maximum Gasteiger partial charge on any atom is 0.340 e. The monoisotopic (exact) mass is 252 g/mol. The number of para-hydroxylation sites is 1. The molecule has 0 fully saturated rings. The number of nitrogen functional groups attached to an aromatic ring is 1. The lowest BCUT2D eigenvalue weighted by atomic mass is 10.1. The number of carbonyl (C=O) groups excluding carboxylic acids is 1. The number of nitrogens with zero attached hydrogens (tertiary/aromatic N) is 1. The summed E-state index contributed by atoms with van der Waals surface area (Å²) in [5.74, 6) is -0.388. The number of carbonyl (C=O) groups is 1. The molecule has 1 rings (SSSR count). The molecule has 0 amide bonds. The van der Waals surface area contributed by atoms with Crippen molar-refractivity contribution >= 4 is 17.3 Å². The molecule has 0 aliphatic rings. The lowest BCUT2D eigenvalue weighted by Crippen LogP contribution is -2.25. The largest absolute Gasteiger partial charge is 0.465 e. The summed E-state index contributed by atoms with van der Waals surface area (Å²) in [6.07, 6.45) is 0. The van der Waals surface area contributed by atoms with E-state index >= 15 is 0 Å². The van der Waals surface area contributed by atoms with Gasteiger partial charge in [0.15, 0.2) is 0 Å². The zero-order valence-electron chi connectivity index (χ0n) is 11.1. The van der Waals surface area contributed by atoms with Crippen LogP contribution in [0.1, 0.15) is 17.3 Å². The van der Waals surface area contributed by atoms with Crippen molar-refractivity contribution in [2.75, 3.05) is 44.5 Å². The third-order valence-corrected chi connectivity index (χ3v) is 2.63. The Morgan fingerprint density at radius 2 is 2.17 bits per heavy atom. The van der Waals surface area contributed by atoms with Crippen LogP contribution in [-0.4, -0.2) is 39.9 Å². The van der Waals surface area contributed by atoms with Gasteiger partial charge in [-0.25, -0.2) is 4.79 Å². The predicted molar refractivity (Wildman–Crippen MR) is 72.0 cm³/mol. The third kappa shape index (κ3) is 3.37. The highest BCUT2D eigenvalue weighted by Gasteiger charge is 2.17. The molecule has 1 aromatic carbocycles. The summed E-state index contributed by atoms with van der Waals surface area (Å²) in [6, 6.07) is 5.20. The van der Waals surface area contributed by atoms with Crippen molar-refractivity contribution in [2.45, 2.75) is 6.92 Å². The van der Waals surface area contributed by atoms with Crippen molar-refractivity contribution < 1.29 is 14.3 Å². The molecule has 5 nitrogen and oxygen atoms in total. The van der Waals surface area contributed by atoms with Crippen LogP contribution in [0, 0.1) is 0 Å². The van der Waals surface area contributed by atoms with E-state index in [2.05, 4.69) is 0 Å². The first-order valence-electron chi connectivity index (χ1n) is 5.87. The Labute approximate surface area is 107 Å². The predicted octanol–water partition coefficient (Wildman–Crippen LogP) is 1.53. The Kier molecular flexibility index (Phi) is 5.45. The topological polar surface area (TPSA) is 64.8 Å². The number of ether oxygens (including phenoxy) is 2. The van der Waals surface area contributed by atoms with E-state index in [1.54, 1.807) is 18.2 Å². The summed E-state index contributed by atoms with van der Waals surface area (Å²) in [5, 5.41) is 0. The van der Waals surface area contributed by atoms with Crippen LogP contribution in [0.25, 0.3) is 0 Å². The standard InChI is InChI=1S/C13H20N2O3/c1-4-18-9-8-15(2)12-10(13(16)17-3)6-5-7-11(12)14/h5-7H,4,8-9,14H2,1-3H3. The molecule has 0 aliphatic carbocycles. The van der Waals surface area contributed by atoms with E-state index in [1.807, 2.05) is 18.9 Å². The molecule has 0 unspecified atom stereocenters. The molecule has 2 N–H and O–H groups in total. The van der Waals surface area contributed by atoms with Crippen LogP contribution < -0.4 is 10.6 Å². The number of nitrogens with two attached hydrogens (primary N) is 1. The second kappa shape index (κ2) is 6.86. The maximum absolute atomic E-state index is 11.7. The molecule has 100 valence electrons. The van der Waals surface area contributed by atoms with E-state index in [-0.39, 0.29) is 5.97 Å². The van der Waals surface area contributed by atoms with Gasteiger partial charge in [0.05, 0.1) is 30.7 Å². The van der Waals surface area contributed by atoms with Crippen molar-refractivity contribution in [1.82, 2.24) is 0 Å². The average Bonchev–Trinajstić information content (AvgIpc) is 2.37. The lowest BCUT2D eigenvalue weighted by molar-refractivity contribution is 0.0601. The fraction of sp³-hybridized carbons (Fsp3) is 0.462. The van der Waals surface area contributed by atoms with Gasteiger partial charge in [-0.1, -0.05) is 6.07 Å². The van der Waals surface area contributed by atoms with E-state index in [4.69, 9.17) is 15.2 Å². The fourth-order valence-electron chi connectivity index (χ4n) is 1.72. The van der Waals surface area contributed by atoms with E-state index in [0.717, 1.165) is 0 Å². The third-order valence-electron chi connectivity index (χ3n) is 2.63. The smallest absolute Gasteiger partial charge is 0.340 e. The Morgan fingerprint density at radius 3 is 2.78 bits per heavy atom.